The first-order valence-corrected chi connectivity index (χ1v) is 12.9. The monoisotopic (exact) mass is 524 g/mol. The van der Waals surface area contributed by atoms with Crippen molar-refractivity contribution in [1.82, 2.24) is 14.3 Å². The minimum atomic E-state index is -0.224. The molecule has 0 unspecified atom stereocenters. The van der Waals surface area contributed by atoms with Crippen LogP contribution >= 0.6 is 24.0 Å². The Morgan fingerprint density at radius 2 is 1.83 bits per heavy atom. The van der Waals surface area contributed by atoms with Crippen molar-refractivity contribution in [3.05, 3.63) is 69.0 Å². The summed E-state index contributed by atoms with van der Waals surface area (Å²) in [6, 6.07) is 11.1. The molecule has 188 valence electrons. The number of thioether (sulfide) groups is 1. The van der Waals surface area contributed by atoms with E-state index in [9.17, 15) is 9.59 Å². The third-order valence-electron chi connectivity index (χ3n) is 6.03. The summed E-state index contributed by atoms with van der Waals surface area (Å²) in [4.78, 5) is 35.5. The molecule has 10 heteroatoms. The molecule has 0 atom stereocenters. The molecule has 0 bridgehead atoms. The number of fused-ring (bicyclic) bond motifs is 1. The molecular weight excluding hydrogens is 496 g/mol. The molecule has 1 saturated heterocycles. The SMILES string of the molecule is CCN(CC)c1nc2ccccn2c(=O)c1/C=C1\SC(=S)N(CCc2ccc(OC)c(OC)c2)C1=O. The van der Waals surface area contributed by atoms with Gasteiger partial charge in [-0.25, -0.2) is 4.98 Å². The van der Waals surface area contributed by atoms with E-state index in [2.05, 4.69) is 0 Å². The predicted molar refractivity (Wildman–Crippen MR) is 148 cm³/mol. The summed E-state index contributed by atoms with van der Waals surface area (Å²) in [5, 5.41) is 0. The molecule has 0 spiro atoms. The summed E-state index contributed by atoms with van der Waals surface area (Å²) in [6.45, 7) is 5.79. The van der Waals surface area contributed by atoms with E-state index in [1.807, 2.05) is 43.0 Å². The van der Waals surface area contributed by atoms with Gasteiger partial charge in [-0.3, -0.25) is 18.9 Å². The quantitative estimate of drug-likeness (QED) is 0.307. The van der Waals surface area contributed by atoms with Crippen LogP contribution in [-0.4, -0.2) is 58.4 Å². The van der Waals surface area contributed by atoms with Crippen LogP contribution < -0.4 is 19.9 Å². The fourth-order valence-corrected chi connectivity index (χ4v) is 5.37. The zero-order valence-corrected chi connectivity index (χ0v) is 22.3. The van der Waals surface area contributed by atoms with Gasteiger partial charge < -0.3 is 14.4 Å². The van der Waals surface area contributed by atoms with E-state index in [0.717, 1.165) is 5.56 Å². The van der Waals surface area contributed by atoms with E-state index in [1.54, 1.807) is 43.5 Å². The fraction of sp³-hybridized carbons (Fsp3) is 0.308. The first-order valence-electron chi connectivity index (χ1n) is 11.6. The summed E-state index contributed by atoms with van der Waals surface area (Å²) in [5.41, 5.74) is 1.70. The Bertz CT molecular complexity index is 1400. The number of hydrogen-bond donors (Lipinski definition) is 0. The molecule has 1 aliphatic rings. The standard InChI is InChI=1S/C26H28N4O4S2/c1-5-28(6-2)23-18(24(31)29-13-8-7-9-22(29)27-23)16-21-25(32)30(26(35)36-21)14-12-17-10-11-19(33-3)20(15-17)34-4/h7-11,13,15-16H,5-6,12,14H2,1-4H3/b21-16-. The molecule has 36 heavy (non-hydrogen) atoms. The van der Waals surface area contributed by atoms with Crippen molar-refractivity contribution in [3.63, 3.8) is 0 Å². The number of pyridine rings is 1. The third-order valence-corrected chi connectivity index (χ3v) is 7.41. The van der Waals surface area contributed by atoms with Crippen molar-refractivity contribution in [2.75, 3.05) is 38.8 Å². The van der Waals surface area contributed by atoms with Crippen LogP contribution in [0.2, 0.25) is 0 Å². The van der Waals surface area contributed by atoms with Crippen LogP contribution in [0.3, 0.4) is 0 Å². The van der Waals surface area contributed by atoms with Gasteiger partial charge in [-0.15, -0.1) is 0 Å². The Morgan fingerprint density at radius 3 is 2.53 bits per heavy atom. The minimum Gasteiger partial charge on any atom is -0.493 e. The van der Waals surface area contributed by atoms with E-state index in [-0.39, 0.29) is 11.5 Å². The lowest BCUT2D eigenvalue weighted by Gasteiger charge is -2.22. The Hall–Kier alpha value is -3.37. The van der Waals surface area contributed by atoms with Crippen molar-refractivity contribution in [2.24, 2.45) is 0 Å². The zero-order valence-electron chi connectivity index (χ0n) is 20.7. The molecule has 3 heterocycles. The second kappa shape index (κ2) is 11.1. The average Bonchev–Trinajstić information content (AvgIpc) is 3.17. The molecule has 1 aliphatic heterocycles. The van der Waals surface area contributed by atoms with Crippen LogP contribution in [-0.2, 0) is 11.2 Å². The van der Waals surface area contributed by atoms with Crippen LogP contribution in [0, 0.1) is 0 Å². The predicted octanol–water partition coefficient (Wildman–Crippen LogP) is 4.00. The molecule has 4 rings (SSSR count). The molecule has 1 aromatic carbocycles. The van der Waals surface area contributed by atoms with Crippen molar-refractivity contribution >= 4 is 51.7 Å². The lowest BCUT2D eigenvalue weighted by molar-refractivity contribution is -0.122. The van der Waals surface area contributed by atoms with Crippen LogP contribution in [0.15, 0.2) is 52.3 Å². The Labute approximate surface area is 219 Å². The number of methoxy groups -OCH3 is 2. The first kappa shape index (κ1) is 25.7. The van der Waals surface area contributed by atoms with Gasteiger partial charge in [0.15, 0.2) is 11.5 Å². The smallest absolute Gasteiger partial charge is 0.267 e. The molecule has 2 aromatic heterocycles. The molecular formula is C26H28N4O4S2. The van der Waals surface area contributed by atoms with E-state index < -0.39 is 0 Å². The Morgan fingerprint density at radius 1 is 1.08 bits per heavy atom. The summed E-state index contributed by atoms with van der Waals surface area (Å²) >= 11 is 6.73. The number of rotatable bonds is 9. The second-order valence-corrected chi connectivity index (χ2v) is 9.70. The van der Waals surface area contributed by atoms with Crippen molar-refractivity contribution in [1.29, 1.82) is 0 Å². The first-order chi connectivity index (χ1) is 17.4. The molecule has 1 amide bonds. The molecule has 1 fully saturated rings. The molecule has 8 nitrogen and oxygen atoms in total. The summed E-state index contributed by atoms with van der Waals surface area (Å²) in [6.07, 6.45) is 3.91. The molecule has 3 aromatic rings. The number of aromatic nitrogens is 2. The number of nitrogens with zero attached hydrogens (tertiary/aromatic N) is 4. The van der Waals surface area contributed by atoms with Gasteiger partial charge in [-0.1, -0.05) is 36.1 Å². The lowest BCUT2D eigenvalue weighted by atomic mass is 10.1. The number of carbonyl (C=O) groups is 1. The number of amides is 1. The zero-order chi connectivity index (χ0) is 25.8. The highest BCUT2D eigenvalue weighted by Crippen LogP contribution is 2.34. The van der Waals surface area contributed by atoms with Crippen LogP contribution in [0.5, 0.6) is 11.5 Å². The fourth-order valence-electron chi connectivity index (χ4n) is 4.08. The van der Waals surface area contributed by atoms with Gasteiger partial charge in [0, 0.05) is 25.8 Å². The van der Waals surface area contributed by atoms with Gasteiger partial charge in [-0.05, 0) is 56.2 Å². The topological polar surface area (TPSA) is 76.4 Å². The number of thiocarbonyl (C=S) groups is 1. The summed E-state index contributed by atoms with van der Waals surface area (Å²) in [5.74, 6) is 1.63. The minimum absolute atomic E-state index is 0.214. The van der Waals surface area contributed by atoms with Gasteiger partial charge in [0.2, 0.25) is 0 Å². The Kier molecular flexibility index (Phi) is 7.95. The average molecular weight is 525 g/mol. The highest BCUT2D eigenvalue weighted by atomic mass is 32.2. The largest absolute Gasteiger partial charge is 0.493 e. The van der Waals surface area contributed by atoms with E-state index >= 15 is 0 Å². The Balaban J connectivity index is 1.64. The third kappa shape index (κ3) is 4.96. The maximum absolute atomic E-state index is 13.4. The molecule has 0 aliphatic carbocycles. The van der Waals surface area contributed by atoms with Crippen molar-refractivity contribution in [3.8, 4) is 11.5 Å². The van der Waals surface area contributed by atoms with Gasteiger partial charge in [0.25, 0.3) is 11.5 Å². The van der Waals surface area contributed by atoms with Crippen LogP contribution in [0.4, 0.5) is 5.82 Å². The van der Waals surface area contributed by atoms with E-state index in [0.29, 0.717) is 63.8 Å². The van der Waals surface area contributed by atoms with E-state index in [4.69, 9.17) is 26.7 Å². The van der Waals surface area contributed by atoms with Gasteiger partial charge >= 0.3 is 0 Å². The van der Waals surface area contributed by atoms with Crippen LogP contribution in [0.25, 0.3) is 11.7 Å². The molecule has 0 radical (unpaired) electrons. The summed E-state index contributed by atoms with van der Waals surface area (Å²) in [7, 11) is 3.18. The maximum atomic E-state index is 13.4. The normalized spacial score (nSPS) is 14.7. The highest BCUT2D eigenvalue weighted by molar-refractivity contribution is 8.26. The highest BCUT2D eigenvalue weighted by Gasteiger charge is 2.32. The molecule has 0 saturated carbocycles. The number of hydrogen-bond acceptors (Lipinski definition) is 8. The lowest BCUT2D eigenvalue weighted by Crippen LogP contribution is -2.30. The number of anilines is 1. The number of carbonyl (C=O) groups excluding carboxylic acids is 1. The van der Waals surface area contributed by atoms with Crippen molar-refractivity contribution in [2.45, 2.75) is 20.3 Å². The summed E-state index contributed by atoms with van der Waals surface area (Å²) < 4.78 is 12.6. The van der Waals surface area contributed by atoms with Gasteiger partial charge in [0.1, 0.15) is 15.8 Å². The van der Waals surface area contributed by atoms with Crippen LogP contribution in [0.1, 0.15) is 25.0 Å². The number of ether oxygens (including phenoxy) is 2. The second-order valence-electron chi connectivity index (χ2n) is 8.03. The van der Waals surface area contributed by atoms with Crippen molar-refractivity contribution < 1.29 is 14.3 Å². The van der Waals surface area contributed by atoms with E-state index in [1.165, 1.54) is 16.2 Å². The number of benzene rings is 1. The molecule has 0 N–H and O–H groups in total. The maximum Gasteiger partial charge on any atom is 0.267 e. The van der Waals surface area contributed by atoms with Gasteiger partial charge in [0.05, 0.1) is 24.7 Å². The van der Waals surface area contributed by atoms with Gasteiger partial charge in [-0.2, -0.15) is 0 Å².